The maximum Gasteiger partial charge on any atom is 0.417 e. The Morgan fingerprint density at radius 2 is 1.47 bits per heavy atom. The highest BCUT2D eigenvalue weighted by Gasteiger charge is 2.33. The Balaban J connectivity index is 1.60. The molecule has 0 aliphatic heterocycles. The van der Waals surface area contributed by atoms with E-state index in [1.807, 2.05) is 0 Å². The van der Waals surface area contributed by atoms with E-state index in [0.717, 1.165) is 6.07 Å². The molecule has 0 aliphatic carbocycles. The van der Waals surface area contributed by atoms with Crippen LogP contribution >= 0.6 is 34.8 Å². The smallest absolute Gasteiger partial charge is 0.417 e. The summed E-state index contributed by atoms with van der Waals surface area (Å²) in [5, 5.41) is 2.23. The highest BCUT2D eigenvalue weighted by molar-refractivity contribution is 7.92. The van der Waals surface area contributed by atoms with E-state index in [1.54, 1.807) is 0 Å². The lowest BCUT2D eigenvalue weighted by Gasteiger charge is -2.12. The number of sulfonamides is 1. The molecule has 3 aromatic rings. The molecule has 34 heavy (non-hydrogen) atoms. The van der Waals surface area contributed by atoms with Gasteiger partial charge >= 0.3 is 6.18 Å². The van der Waals surface area contributed by atoms with Gasteiger partial charge < -0.3 is 10.1 Å². The molecule has 180 valence electrons. The number of carbonyl (C=O) groups excluding carboxylic acids is 1. The number of ether oxygens (including phenoxy) is 1. The molecule has 0 bridgehead atoms. The highest BCUT2D eigenvalue weighted by atomic mass is 35.5. The zero-order valence-electron chi connectivity index (χ0n) is 16.8. The van der Waals surface area contributed by atoms with Gasteiger partial charge in [0.2, 0.25) is 0 Å². The summed E-state index contributed by atoms with van der Waals surface area (Å²) in [7, 11) is -3.94. The molecule has 1 amide bonds. The van der Waals surface area contributed by atoms with E-state index in [0.29, 0.717) is 6.07 Å². The molecular formula is C21H14Cl3F3N2O4S. The van der Waals surface area contributed by atoms with Crippen LogP contribution in [0.5, 0.6) is 5.75 Å². The summed E-state index contributed by atoms with van der Waals surface area (Å²) < 4.78 is 71.4. The third-order valence-electron chi connectivity index (χ3n) is 4.23. The molecular weight excluding hydrogens is 540 g/mol. The van der Waals surface area contributed by atoms with Gasteiger partial charge in [0.1, 0.15) is 5.75 Å². The third kappa shape index (κ3) is 6.69. The fraction of sp³-hybridized carbons (Fsp3) is 0.0952. The van der Waals surface area contributed by atoms with Gasteiger partial charge in [-0.15, -0.1) is 0 Å². The second kappa shape index (κ2) is 10.3. The number of nitrogens with one attached hydrogen (secondary N) is 2. The van der Waals surface area contributed by atoms with Gasteiger partial charge in [-0.05, 0) is 60.7 Å². The van der Waals surface area contributed by atoms with Gasteiger partial charge in [-0.1, -0.05) is 34.8 Å². The summed E-state index contributed by atoms with van der Waals surface area (Å²) >= 11 is 17.2. The first-order chi connectivity index (χ1) is 15.8. The van der Waals surface area contributed by atoms with Crippen LogP contribution in [0.3, 0.4) is 0 Å². The second-order valence-electron chi connectivity index (χ2n) is 6.74. The van der Waals surface area contributed by atoms with Gasteiger partial charge in [-0.25, -0.2) is 8.42 Å². The Bertz CT molecular complexity index is 1320. The second-order valence-corrected chi connectivity index (χ2v) is 9.64. The molecule has 2 N–H and O–H groups in total. The van der Waals surface area contributed by atoms with Crippen molar-refractivity contribution < 1.29 is 31.1 Å². The minimum Gasteiger partial charge on any atom is -0.484 e. The Kier molecular flexibility index (Phi) is 7.87. The molecule has 6 nitrogen and oxygen atoms in total. The molecule has 0 heterocycles. The van der Waals surface area contributed by atoms with Gasteiger partial charge in [-0.2, -0.15) is 13.2 Å². The fourth-order valence-corrected chi connectivity index (χ4v) is 4.23. The molecule has 3 rings (SSSR count). The number of carbonyl (C=O) groups is 1. The molecule has 13 heteroatoms. The van der Waals surface area contributed by atoms with E-state index in [1.165, 1.54) is 48.5 Å². The van der Waals surface area contributed by atoms with E-state index in [4.69, 9.17) is 39.5 Å². The number of amides is 1. The standard InChI is InChI=1S/C21H14Cl3F3N2O4S/c22-17-7-1-12(9-16(17)21(25,26)27)28-20(30)11-33-14-3-5-15(6-4-14)34(31,32)29-13-2-8-18(23)19(24)10-13/h1-10,29H,11H2,(H,28,30). The summed E-state index contributed by atoms with van der Waals surface area (Å²) in [5.41, 5.74) is -0.985. The Hall–Kier alpha value is -2.66. The number of hydrogen-bond donors (Lipinski definition) is 2. The topological polar surface area (TPSA) is 84.5 Å². The molecule has 0 spiro atoms. The average molecular weight is 554 g/mol. The molecule has 0 aliphatic rings. The SMILES string of the molecule is O=C(COc1ccc(S(=O)(=O)Nc2ccc(Cl)c(Cl)c2)cc1)Nc1ccc(Cl)c(C(F)(F)F)c1. The zero-order valence-corrected chi connectivity index (χ0v) is 19.9. The van der Waals surface area contributed by atoms with Crippen LogP contribution in [0.2, 0.25) is 15.1 Å². The fourth-order valence-electron chi connectivity index (χ4n) is 2.65. The number of rotatable bonds is 7. The van der Waals surface area contributed by atoms with E-state index >= 15 is 0 Å². The summed E-state index contributed by atoms with van der Waals surface area (Å²) in [4.78, 5) is 11.9. The summed E-state index contributed by atoms with van der Waals surface area (Å²) in [6.07, 6.45) is -4.68. The number of halogens is 6. The van der Waals surface area contributed by atoms with Crippen molar-refractivity contribution in [2.24, 2.45) is 0 Å². The molecule has 3 aromatic carbocycles. The van der Waals surface area contributed by atoms with E-state index in [2.05, 4.69) is 10.0 Å². The summed E-state index contributed by atoms with van der Waals surface area (Å²) in [6, 6.07) is 12.3. The van der Waals surface area contributed by atoms with Crippen molar-refractivity contribution in [2.45, 2.75) is 11.1 Å². The molecule has 0 fully saturated rings. The zero-order chi connectivity index (χ0) is 25.1. The lowest BCUT2D eigenvalue weighted by atomic mass is 10.2. The maximum atomic E-state index is 12.9. The minimum atomic E-state index is -4.68. The van der Waals surface area contributed by atoms with Gasteiger partial charge in [0.15, 0.2) is 6.61 Å². The Labute approximate surface area is 207 Å². The van der Waals surface area contributed by atoms with Crippen molar-refractivity contribution in [3.63, 3.8) is 0 Å². The highest BCUT2D eigenvalue weighted by Crippen LogP contribution is 2.36. The quantitative estimate of drug-likeness (QED) is 0.351. The lowest BCUT2D eigenvalue weighted by Crippen LogP contribution is -2.20. The third-order valence-corrected chi connectivity index (χ3v) is 6.70. The normalized spacial score (nSPS) is 11.7. The number of benzene rings is 3. The van der Waals surface area contributed by atoms with Crippen LogP contribution in [0.15, 0.2) is 65.6 Å². The van der Waals surface area contributed by atoms with Crippen molar-refractivity contribution in [1.82, 2.24) is 0 Å². The van der Waals surface area contributed by atoms with Crippen LogP contribution in [0.25, 0.3) is 0 Å². The lowest BCUT2D eigenvalue weighted by molar-refractivity contribution is -0.137. The van der Waals surface area contributed by atoms with Crippen molar-refractivity contribution in [2.75, 3.05) is 16.6 Å². The Morgan fingerprint density at radius 3 is 2.09 bits per heavy atom. The van der Waals surface area contributed by atoms with E-state index < -0.39 is 39.3 Å². The monoisotopic (exact) mass is 552 g/mol. The Morgan fingerprint density at radius 1 is 0.853 bits per heavy atom. The average Bonchev–Trinajstić information content (AvgIpc) is 2.75. The van der Waals surface area contributed by atoms with Gasteiger partial charge in [-0.3, -0.25) is 9.52 Å². The first kappa shape index (κ1) is 26.0. The van der Waals surface area contributed by atoms with Crippen LogP contribution in [-0.2, 0) is 21.0 Å². The van der Waals surface area contributed by atoms with Gasteiger partial charge in [0, 0.05) is 5.69 Å². The van der Waals surface area contributed by atoms with Gasteiger partial charge in [0.05, 0.1) is 31.2 Å². The predicted molar refractivity (Wildman–Crippen MR) is 124 cm³/mol. The first-order valence-corrected chi connectivity index (χ1v) is 11.8. The van der Waals surface area contributed by atoms with Crippen molar-refractivity contribution in [3.8, 4) is 5.75 Å². The molecule has 0 saturated carbocycles. The van der Waals surface area contributed by atoms with Crippen molar-refractivity contribution in [1.29, 1.82) is 0 Å². The number of anilines is 2. The van der Waals surface area contributed by atoms with Gasteiger partial charge in [0.25, 0.3) is 15.9 Å². The van der Waals surface area contributed by atoms with Crippen molar-refractivity contribution in [3.05, 3.63) is 81.3 Å². The number of alkyl halides is 3. The van der Waals surface area contributed by atoms with Crippen LogP contribution in [0.1, 0.15) is 5.56 Å². The molecule has 0 radical (unpaired) electrons. The molecule has 0 saturated heterocycles. The predicted octanol–water partition coefficient (Wildman–Crippen LogP) is 6.48. The summed E-state index contributed by atoms with van der Waals surface area (Å²) in [5.74, 6) is -0.566. The van der Waals surface area contributed by atoms with Crippen LogP contribution < -0.4 is 14.8 Å². The van der Waals surface area contributed by atoms with Crippen LogP contribution in [-0.4, -0.2) is 20.9 Å². The maximum absolute atomic E-state index is 12.9. The molecule has 0 atom stereocenters. The van der Waals surface area contributed by atoms with E-state index in [9.17, 15) is 26.4 Å². The first-order valence-electron chi connectivity index (χ1n) is 9.22. The van der Waals surface area contributed by atoms with Crippen molar-refractivity contribution >= 4 is 62.1 Å². The van der Waals surface area contributed by atoms with Crippen LogP contribution in [0, 0.1) is 0 Å². The largest absolute Gasteiger partial charge is 0.484 e. The molecule has 0 aromatic heterocycles. The number of hydrogen-bond acceptors (Lipinski definition) is 4. The van der Waals surface area contributed by atoms with E-state index in [-0.39, 0.29) is 32.1 Å². The van der Waals surface area contributed by atoms with Crippen LogP contribution in [0.4, 0.5) is 24.5 Å². The molecule has 0 unspecified atom stereocenters. The minimum absolute atomic E-state index is 0.0868. The summed E-state index contributed by atoms with van der Waals surface area (Å²) in [6.45, 7) is -0.530.